The van der Waals surface area contributed by atoms with Crippen molar-refractivity contribution in [3.05, 3.63) is 24.8 Å². The van der Waals surface area contributed by atoms with E-state index in [0.717, 1.165) is 25.7 Å². The van der Waals surface area contributed by atoms with Crippen molar-refractivity contribution < 1.29 is 19.4 Å². The molecule has 1 atom stereocenters. The molecular weight excluding hydrogens is 340 g/mol. The zero-order chi connectivity index (χ0) is 20.2. The number of carboxylic acids is 1. The van der Waals surface area contributed by atoms with E-state index in [1.807, 2.05) is 0 Å². The first-order chi connectivity index (χ1) is 13.1. The number of rotatable bonds is 19. The van der Waals surface area contributed by atoms with Crippen molar-refractivity contribution in [2.75, 3.05) is 6.61 Å². The molecule has 4 nitrogen and oxygen atoms in total. The Balaban J connectivity index is 3.66. The van der Waals surface area contributed by atoms with E-state index in [1.54, 1.807) is 0 Å². The molecule has 0 aliphatic heterocycles. The van der Waals surface area contributed by atoms with Crippen LogP contribution in [0.4, 0.5) is 0 Å². The molecule has 0 saturated carbocycles. The second-order valence-corrected chi connectivity index (χ2v) is 7.23. The molecule has 0 bridgehead atoms. The third kappa shape index (κ3) is 17.6. The molecule has 27 heavy (non-hydrogen) atoms. The average molecular weight is 381 g/mol. The summed E-state index contributed by atoms with van der Waals surface area (Å²) in [6.07, 6.45) is 21.0. The van der Waals surface area contributed by atoms with Crippen molar-refractivity contribution >= 4 is 11.9 Å². The number of allylic oxidation sites excluding steroid dienone is 2. The summed E-state index contributed by atoms with van der Waals surface area (Å²) >= 11 is 0. The topological polar surface area (TPSA) is 63.6 Å². The van der Waals surface area contributed by atoms with E-state index in [9.17, 15) is 9.59 Å². The Hall–Kier alpha value is -1.58. The van der Waals surface area contributed by atoms with Crippen LogP contribution in [-0.2, 0) is 14.3 Å². The first-order valence-corrected chi connectivity index (χ1v) is 10.8. The molecule has 0 aliphatic carbocycles. The standard InChI is InChI=1S/C23H40O4/c1-3-5-6-7-8-9-10-11-12-13-14-15-16-17-18-21(20-22(24)25)23(26)27-19-4-2/h4,12-13,21H,2-3,5-11,14-20H2,1H3,(H,24,25)/b13-12+. The van der Waals surface area contributed by atoms with Crippen LogP contribution in [0.3, 0.4) is 0 Å². The van der Waals surface area contributed by atoms with Gasteiger partial charge in [0.05, 0.1) is 12.3 Å². The normalized spacial score (nSPS) is 12.2. The van der Waals surface area contributed by atoms with Crippen molar-refractivity contribution in [2.24, 2.45) is 5.92 Å². The third-order valence-corrected chi connectivity index (χ3v) is 4.66. The minimum absolute atomic E-state index is 0.137. The maximum absolute atomic E-state index is 11.9. The molecule has 0 fully saturated rings. The Morgan fingerprint density at radius 1 is 0.926 bits per heavy atom. The second-order valence-electron chi connectivity index (χ2n) is 7.23. The molecule has 0 aromatic heterocycles. The van der Waals surface area contributed by atoms with Crippen molar-refractivity contribution in [1.29, 1.82) is 0 Å². The van der Waals surface area contributed by atoms with E-state index in [1.165, 1.54) is 57.4 Å². The lowest BCUT2D eigenvalue weighted by atomic mass is 9.97. The van der Waals surface area contributed by atoms with Crippen molar-refractivity contribution in [3.63, 3.8) is 0 Å². The number of hydrogen-bond donors (Lipinski definition) is 1. The van der Waals surface area contributed by atoms with Gasteiger partial charge in [0.25, 0.3) is 0 Å². The van der Waals surface area contributed by atoms with Crippen LogP contribution in [0.25, 0.3) is 0 Å². The molecule has 0 rings (SSSR count). The Morgan fingerprint density at radius 3 is 2.04 bits per heavy atom. The van der Waals surface area contributed by atoms with Crippen molar-refractivity contribution in [2.45, 2.75) is 96.8 Å². The van der Waals surface area contributed by atoms with Gasteiger partial charge in [-0.2, -0.15) is 0 Å². The number of hydrogen-bond acceptors (Lipinski definition) is 3. The highest BCUT2D eigenvalue weighted by atomic mass is 16.5. The van der Waals surface area contributed by atoms with Gasteiger partial charge in [-0.3, -0.25) is 9.59 Å². The lowest BCUT2D eigenvalue weighted by Gasteiger charge is -2.13. The van der Waals surface area contributed by atoms with Crippen LogP contribution in [0.2, 0.25) is 0 Å². The zero-order valence-electron chi connectivity index (χ0n) is 17.3. The number of aliphatic carboxylic acids is 1. The predicted octanol–water partition coefficient (Wildman–Crippen LogP) is 6.45. The predicted molar refractivity (Wildman–Crippen MR) is 112 cm³/mol. The number of unbranched alkanes of at least 4 members (excludes halogenated alkanes) is 10. The monoisotopic (exact) mass is 380 g/mol. The molecule has 1 unspecified atom stereocenters. The smallest absolute Gasteiger partial charge is 0.309 e. The van der Waals surface area contributed by atoms with Gasteiger partial charge in [-0.05, 0) is 32.1 Å². The number of esters is 1. The van der Waals surface area contributed by atoms with E-state index in [4.69, 9.17) is 9.84 Å². The molecule has 4 heteroatoms. The van der Waals surface area contributed by atoms with Crippen LogP contribution in [0, 0.1) is 5.92 Å². The molecule has 0 heterocycles. The van der Waals surface area contributed by atoms with Gasteiger partial charge >= 0.3 is 11.9 Å². The van der Waals surface area contributed by atoms with Gasteiger partial charge in [-0.1, -0.05) is 83.1 Å². The number of carbonyl (C=O) groups is 2. The molecular formula is C23H40O4. The fraction of sp³-hybridized carbons (Fsp3) is 0.739. The first kappa shape index (κ1) is 25.4. The first-order valence-electron chi connectivity index (χ1n) is 10.8. The summed E-state index contributed by atoms with van der Waals surface area (Å²) < 4.78 is 4.99. The van der Waals surface area contributed by atoms with E-state index < -0.39 is 17.9 Å². The van der Waals surface area contributed by atoms with Gasteiger partial charge in [-0.25, -0.2) is 0 Å². The summed E-state index contributed by atoms with van der Waals surface area (Å²) in [5.41, 5.74) is 0. The van der Waals surface area contributed by atoms with Gasteiger partial charge in [0, 0.05) is 0 Å². The van der Waals surface area contributed by atoms with Gasteiger partial charge < -0.3 is 9.84 Å². The Morgan fingerprint density at radius 2 is 1.48 bits per heavy atom. The minimum atomic E-state index is -0.955. The van der Waals surface area contributed by atoms with Crippen LogP contribution >= 0.6 is 0 Å². The SMILES string of the molecule is C=CCOC(=O)C(CCCCC/C=C/CCCCCCCCC)CC(=O)O. The van der Waals surface area contributed by atoms with Crippen LogP contribution in [0.1, 0.15) is 96.8 Å². The summed E-state index contributed by atoms with van der Waals surface area (Å²) in [4.78, 5) is 22.8. The van der Waals surface area contributed by atoms with Gasteiger partial charge in [-0.15, -0.1) is 0 Å². The molecule has 1 N–H and O–H groups in total. The fourth-order valence-electron chi connectivity index (χ4n) is 3.06. The van der Waals surface area contributed by atoms with E-state index >= 15 is 0 Å². The Bertz CT molecular complexity index is 415. The quantitative estimate of drug-likeness (QED) is 0.159. The van der Waals surface area contributed by atoms with Gasteiger partial charge in [0.1, 0.15) is 6.61 Å². The minimum Gasteiger partial charge on any atom is -0.481 e. The third-order valence-electron chi connectivity index (χ3n) is 4.66. The highest BCUT2D eigenvalue weighted by Crippen LogP contribution is 2.17. The number of carboxylic acid groups (broad SMARTS) is 1. The van der Waals surface area contributed by atoms with Crippen LogP contribution in [-0.4, -0.2) is 23.7 Å². The molecule has 0 aliphatic rings. The molecule has 0 saturated heterocycles. The van der Waals surface area contributed by atoms with Gasteiger partial charge in [0.2, 0.25) is 0 Å². The van der Waals surface area contributed by atoms with E-state index in [2.05, 4.69) is 25.7 Å². The maximum atomic E-state index is 11.9. The lowest BCUT2D eigenvalue weighted by molar-refractivity contribution is -0.152. The average Bonchev–Trinajstić information content (AvgIpc) is 2.65. The molecule has 0 aromatic carbocycles. The molecule has 0 aromatic rings. The van der Waals surface area contributed by atoms with Crippen LogP contribution < -0.4 is 0 Å². The zero-order valence-corrected chi connectivity index (χ0v) is 17.3. The number of ether oxygens (including phenoxy) is 1. The fourth-order valence-corrected chi connectivity index (χ4v) is 3.06. The van der Waals surface area contributed by atoms with Crippen LogP contribution in [0.5, 0.6) is 0 Å². The van der Waals surface area contributed by atoms with E-state index in [0.29, 0.717) is 6.42 Å². The largest absolute Gasteiger partial charge is 0.481 e. The Kier molecular flexibility index (Phi) is 18.1. The highest BCUT2D eigenvalue weighted by Gasteiger charge is 2.22. The molecule has 0 spiro atoms. The van der Waals surface area contributed by atoms with E-state index in [-0.39, 0.29) is 13.0 Å². The Labute approximate surface area is 166 Å². The summed E-state index contributed by atoms with van der Waals surface area (Å²) in [5, 5.41) is 8.94. The maximum Gasteiger partial charge on any atom is 0.309 e. The van der Waals surface area contributed by atoms with Gasteiger partial charge in [0.15, 0.2) is 0 Å². The highest BCUT2D eigenvalue weighted by molar-refractivity contribution is 5.79. The molecule has 156 valence electrons. The van der Waals surface area contributed by atoms with Crippen molar-refractivity contribution in [1.82, 2.24) is 0 Å². The summed E-state index contributed by atoms with van der Waals surface area (Å²) in [7, 11) is 0. The second kappa shape index (κ2) is 19.2. The molecule has 0 radical (unpaired) electrons. The van der Waals surface area contributed by atoms with Crippen LogP contribution in [0.15, 0.2) is 24.8 Å². The summed E-state index contributed by atoms with van der Waals surface area (Å²) in [5.74, 6) is -1.92. The number of carbonyl (C=O) groups excluding carboxylic acids is 1. The lowest BCUT2D eigenvalue weighted by Crippen LogP contribution is -2.21. The summed E-state index contributed by atoms with van der Waals surface area (Å²) in [6, 6.07) is 0. The van der Waals surface area contributed by atoms with Crippen molar-refractivity contribution in [3.8, 4) is 0 Å². The summed E-state index contributed by atoms with van der Waals surface area (Å²) in [6.45, 7) is 5.88. The molecule has 0 amide bonds.